The van der Waals surface area contributed by atoms with E-state index in [2.05, 4.69) is 0 Å². The predicted molar refractivity (Wildman–Crippen MR) is 140 cm³/mol. The van der Waals surface area contributed by atoms with Gasteiger partial charge in [-0.05, 0) is 37.1 Å². The molecule has 10 heteroatoms. The van der Waals surface area contributed by atoms with Gasteiger partial charge >= 0.3 is 11.9 Å². The van der Waals surface area contributed by atoms with Gasteiger partial charge in [0.15, 0.2) is 11.4 Å². The Bertz CT molecular complexity index is 1260. The third-order valence-electron chi connectivity index (χ3n) is 10.2. The zero-order chi connectivity index (χ0) is 29.4. The topological polar surface area (TPSA) is 149 Å². The molecular formula is C30H38O10. The molecule has 40 heavy (non-hydrogen) atoms. The molecule has 2 bridgehead atoms. The summed E-state index contributed by atoms with van der Waals surface area (Å²) >= 11 is 0. The smallest absolute Gasteiger partial charge is 0.338 e. The van der Waals surface area contributed by atoms with Crippen LogP contribution in [0.25, 0.3) is 0 Å². The number of fused-ring (bicyclic) bond motifs is 5. The standard InChI is InChI=1S/C30H38O10/c1-15-18(32)13-30(36)25(39-26(35)17-10-8-7-9-11-17)23-28(5,24(34)22(33)21(15)27(30,3)4)19(37-6)12-20-29(23,14-38-20)40-16(2)31/h7-11,18-20,22-23,25,32-33,36H,12-14H2,1-6H3/t18-,19-,20+,22-,23-,25-,28+,29-,30+/m0/s1. The van der Waals surface area contributed by atoms with Gasteiger partial charge in [-0.15, -0.1) is 0 Å². The average Bonchev–Trinajstić information content (AvgIpc) is 2.89. The molecule has 1 aromatic rings. The summed E-state index contributed by atoms with van der Waals surface area (Å²) in [5.74, 6) is -3.24. The first-order chi connectivity index (χ1) is 18.7. The summed E-state index contributed by atoms with van der Waals surface area (Å²) in [6.45, 7) is 7.66. The van der Waals surface area contributed by atoms with E-state index in [1.165, 1.54) is 14.0 Å². The zero-order valence-electron chi connectivity index (χ0n) is 23.7. The van der Waals surface area contributed by atoms with Gasteiger partial charge in [0.1, 0.15) is 23.9 Å². The maximum Gasteiger partial charge on any atom is 0.338 e. The van der Waals surface area contributed by atoms with Crippen LogP contribution in [0.2, 0.25) is 0 Å². The van der Waals surface area contributed by atoms with Crippen molar-refractivity contribution >= 4 is 17.7 Å². The van der Waals surface area contributed by atoms with E-state index in [0.717, 1.165) is 0 Å². The number of hydrogen-bond acceptors (Lipinski definition) is 10. The highest BCUT2D eigenvalue weighted by Crippen LogP contribution is 2.64. The van der Waals surface area contributed by atoms with Crippen LogP contribution < -0.4 is 0 Å². The molecule has 1 heterocycles. The molecule has 1 saturated heterocycles. The Kier molecular flexibility index (Phi) is 6.83. The zero-order valence-corrected chi connectivity index (χ0v) is 23.7. The number of benzene rings is 1. The summed E-state index contributed by atoms with van der Waals surface area (Å²) in [5.41, 5.74) is -5.70. The van der Waals surface area contributed by atoms with E-state index in [9.17, 15) is 29.7 Å². The molecule has 218 valence electrons. The van der Waals surface area contributed by atoms with E-state index in [1.54, 1.807) is 58.0 Å². The highest BCUT2D eigenvalue weighted by Gasteiger charge is 2.78. The van der Waals surface area contributed by atoms with Crippen LogP contribution in [0.5, 0.6) is 0 Å². The number of ether oxygens (including phenoxy) is 4. The third kappa shape index (κ3) is 3.69. The SMILES string of the molecule is CO[C@H]1C[C@H]2OC[C@@]2(OC(C)=O)[C@H]2[C@H](OC(=O)c3ccccc3)[C@]3(O)C[C@H](O)C(C)=C([C@H](O)C(=O)[C@]12C)C3(C)C. The molecule has 3 N–H and O–H groups in total. The molecule has 10 nitrogen and oxygen atoms in total. The van der Waals surface area contributed by atoms with Gasteiger partial charge in [-0.3, -0.25) is 9.59 Å². The van der Waals surface area contributed by atoms with Gasteiger partial charge in [0, 0.05) is 32.3 Å². The van der Waals surface area contributed by atoms with Crippen molar-refractivity contribution in [3.63, 3.8) is 0 Å². The Hall–Kier alpha value is -2.63. The highest BCUT2D eigenvalue weighted by molar-refractivity contribution is 5.94. The van der Waals surface area contributed by atoms with Crippen LogP contribution in [0.3, 0.4) is 0 Å². The Labute approximate surface area is 233 Å². The number of ketones is 1. The van der Waals surface area contributed by atoms with Crippen molar-refractivity contribution in [3.05, 3.63) is 47.0 Å². The fourth-order valence-electron chi connectivity index (χ4n) is 7.98. The van der Waals surface area contributed by atoms with Gasteiger partial charge in [-0.25, -0.2) is 4.79 Å². The number of carbonyl (C=O) groups excluding carboxylic acids is 3. The summed E-state index contributed by atoms with van der Waals surface area (Å²) in [6, 6.07) is 8.21. The summed E-state index contributed by atoms with van der Waals surface area (Å²) in [7, 11) is 1.43. The van der Waals surface area contributed by atoms with E-state index >= 15 is 0 Å². The quantitative estimate of drug-likeness (QED) is 0.369. The number of hydrogen-bond donors (Lipinski definition) is 3. The third-order valence-corrected chi connectivity index (χ3v) is 10.2. The number of aliphatic hydroxyl groups excluding tert-OH is 2. The molecule has 0 spiro atoms. The largest absolute Gasteiger partial charge is 0.455 e. The molecule has 9 atom stereocenters. The van der Waals surface area contributed by atoms with Crippen LogP contribution in [-0.2, 0) is 28.5 Å². The van der Waals surface area contributed by atoms with Crippen molar-refractivity contribution in [2.24, 2.45) is 16.7 Å². The van der Waals surface area contributed by atoms with E-state index in [4.69, 9.17) is 18.9 Å². The first-order valence-corrected chi connectivity index (χ1v) is 13.6. The van der Waals surface area contributed by atoms with Gasteiger partial charge < -0.3 is 34.3 Å². The van der Waals surface area contributed by atoms with E-state index in [0.29, 0.717) is 5.57 Å². The van der Waals surface area contributed by atoms with Crippen LogP contribution in [0.1, 0.15) is 57.8 Å². The fraction of sp³-hybridized carbons (Fsp3) is 0.633. The van der Waals surface area contributed by atoms with Crippen molar-refractivity contribution in [2.75, 3.05) is 13.7 Å². The molecule has 3 aliphatic carbocycles. The van der Waals surface area contributed by atoms with Gasteiger partial charge in [0.2, 0.25) is 0 Å². The maximum atomic E-state index is 14.5. The van der Waals surface area contributed by atoms with Crippen LogP contribution in [0.4, 0.5) is 0 Å². The summed E-state index contributed by atoms with van der Waals surface area (Å²) in [4.78, 5) is 40.7. The molecule has 0 unspecified atom stereocenters. The summed E-state index contributed by atoms with van der Waals surface area (Å²) < 4.78 is 23.9. The Morgan fingerprint density at radius 2 is 1.75 bits per heavy atom. The van der Waals surface area contributed by atoms with Crippen molar-refractivity contribution in [3.8, 4) is 0 Å². The average molecular weight is 559 g/mol. The van der Waals surface area contributed by atoms with Crippen LogP contribution in [-0.4, -0.2) is 88.5 Å². The van der Waals surface area contributed by atoms with Gasteiger partial charge in [-0.2, -0.15) is 0 Å². The van der Waals surface area contributed by atoms with Crippen molar-refractivity contribution < 1.29 is 48.7 Å². The lowest BCUT2D eigenvalue weighted by Gasteiger charge is -2.67. The van der Waals surface area contributed by atoms with Gasteiger partial charge in [-0.1, -0.05) is 32.0 Å². The first-order valence-electron chi connectivity index (χ1n) is 13.6. The molecule has 2 saturated carbocycles. The maximum absolute atomic E-state index is 14.5. The first kappa shape index (κ1) is 28.9. The van der Waals surface area contributed by atoms with E-state index in [-0.39, 0.29) is 30.6 Å². The summed E-state index contributed by atoms with van der Waals surface area (Å²) in [5, 5.41) is 35.6. The Balaban J connectivity index is 1.83. The van der Waals surface area contributed by atoms with Crippen LogP contribution in [0.15, 0.2) is 41.5 Å². The molecule has 4 aliphatic rings. The number of Topliss-reactive ketones (excluding diaryl/α,β-unsaturated/α-hetero) is 1. The molecule has 0 aromatic heterocycles. The van der Waals surface area contributed by atoms with Gasteiger partial charge in [0.05, 0.1) is 35.7 Å². The normalized spacial score (nSPS) is 42.0. The molecule has 0 radical (unpaired) electrons. The van der Waals surface area contributed by atoms with Crippen molar-refractivity contribution in [2.45, 2.75) is 89.2 Å². The number of methoxy groups -OCH3 is 1. The Morgan fingerprint density at radius 1 is 1.10 bits per heavy atom. The summed E-state index contributed by atoms with van der Waals surface area (Å²) in [6.07, 6.45) is -6.09. The van der Waals surface area contributed by atoms with Crippen LogP contribution in [0, 0.1) is 16.7 Å². The lowest BCUT2D eigenvalue weighted by molar-refractivity contribution is -0.347. The second kappa shape index (κ2) is 9.46. The van der Waals surface area contributed by atoms with E-state index in [1.807, 2.05) is 0 Å². The molecule has 0 amide bonds. The Morgan fingerprint density at radius 3 is 2.30 bits per heavy atom. The van der Waals surface area contributed by atoms with Gasteiger partial charge in [0.25, 0.3) is 0 Å². The number of esters is 2. The molecular weight excluding hydrogens is 520 g/mol. The minimum atomic E-state index is -2.01. The van der Waals surface area contributed by atoms with Crippen molar-refractivity contribution in [1.29, 1.82) is 0 Å². The number of rotatable bonds is 4. The molecule has 1 aliphatic heterocycles. The second-order valence-corrected chi connectivity index (χ2v) is 12.4. The molecule has 3 fully saturated rings. The monoisotopic (exact) mass is 558 g/mol. The lowest BCUT2D eigenvalue weighted by Crippen LogP contribution is -2.82. The number of carbonyl (C=O) groups is 3. The van der Waals surface area contributed by atoms with E-state index < -0.39 is 76.2 Å². The van der Waals surface area contributed by atoms with Crippen LogP contribution >= 0.6 is 0 Å². The minimum absolute atomic E-state index is 0.114. The number of aliphatic hydroxyl groups is 3. The lowest BCUT2D eigenvalue weighted by atomic mass is 9.44. The fourth-order valence-corrected chi connectivity index (χ4v) is 7.98. The minimum Gasteiger partial charge on any atom is -0.455 e. The predicted octanol–water partition coefficient (Wildman–Crippen LogP) is 1.74. The molecule has 1 aromatic carbocycles. The highest BCUT2D eigenvalue weighted by atomic mass is 16.6. The van der Waals surface area contributed by atoms with Crippen molar-refractivity contribution in [1.82, 2.24) is 0 Å². The second-order valence-electron chi connectivity index (χ2n) is 12.4. The molecule has 5 rings (SSSR count).